The van der Waals surface area contributed by atoms with E-state index in [0.29, 0.717) is 17.1 Å². The van der Waals surface area contributed by atoms with Crippen LogP contribution >= 0.6 is 0 Å². The van der Waals surface area contributed by atoms with Crippen LogP contribution in [0.5, 0.6) is 0 Å². The van der Waals surface area contributed by atoms with E-state index in [-0.39, 0.29) is 4.75 Å². The first-order valence-electron chi connectivity index (χ1n) is 4.83. The summed E-state index contributed by atoms with van der Waals surface area (Å²) in [5, 5.41) is 8.37. The first-order chi connectivity index (χ1) is 7.98. The summed E-state index contributed by atoms with van der Waals surface area (Å²) in [6.45, 7) is 0. The zero-order valence-corrected chi connectivity index (χ0v) is 9.46. The van der Waals surface area contributed by atoms with Gasteiger partial charge in [-0.25, -0.2) is 0 Å². The van der Waals surface area contributed by atoms with Crippen LogP contribution in [0.15, 0.2) is 22.7 Å². The van der Waals surface area contributed by atoms with Gasteiger partial charge in [0.2, 0.25) is 6.19 Å². The number of aromatic nitrogens is 1. The van der Waals surface area contributed by atoms with Crippen molar-refractivity contribution in [3.8, 4) is 6.19 Å². The Kier molecular flexibility index (Phi) is 2.91. The summed E-state index contributed by atoms with van der Waals surface area (Å²) in [7, 11) is 0. The predicted octanol–water partition coefficient (Wildman–Crippen LogP) is 2.57. The summed E-state index contributed by atoms with van der Waals surface area (Å²) < 4.78 is 40.2. The molecule has 1 aromatic heterocycles. The topological polar surface area (TPSA) is 49.0 Å². The zero-order chi connectivity index (χ0) is 12.5. The molecule has 0 spiro atoms. The van der Waals surface area contributed by atoms with E-state index in [1.165, 1.54) is 12.3 Å². The van der Waals surface area contributed by atoms with Crippen LogP contribution in [0, 0.1) is 11.5 Å². The second kappa shape index (κ2) is 4.11. The molecule has 0 unspecified atom stereocenters. The van der Waals surface area contributed by atoms with E-state index < -0.39 is 11.9 Å². The van der Waals surface area contributed by atoms with Crippen molar-refractivity contribution < 1.29 is 13.2 Å². The highest BCUT2D eigenvalue weighted by Crippen LogP contribution is 2.48. The Morgan fingerprint density at radius 3 is 2.53 bits per heavy atom. The lowest BCUT2D eigenvalue weighted by atomic mass is 10.1. The molecule has 0 radical (unpaired) electrons. The van der Waals surface area contributed by atoms with Crippen LogP contribution in [0.4, 0.5) is 13.2 Å². The van der Waals surface area contributed by atoms with Crippen LogP contribution in [0.3, 0.4) is 0 Å². The number of hydrogen-bond donors (Lipinski definition) is 1. The van der Waals surface area contributed by atoms with Crippen molar-refractivity contribution in [2.75, 3.05) is 0 Å². The third-order valence-corrected chi connectivity index (χ3v) is 3.88. The van der Waals surface area contributed by atoms with Crippen molar-refractivity contribution in [2.24, 2.45) is 4.36 Å². The number of nitriles is 1. The van der Waals surface area contributed by atoms with Gasteiger partial charge < -0.3 is 0 Å². The van der Waals surface area contributed by atoms with Crippen molar-refractivity contribution in [1.29, 1.82) is 5.26 Å². The average molecular weight is 259 g/mol. The van der Waals surface area contributed by atoms with Crippen molar-refractivity contribution in [3.63, 3.8) is 0 Å². The van der Waals surface area contributed by atoms with Crippen LogP contribution < -0.4 is 0 Å². The Morgan fingerprint density at radius 2 is 2.12 bits per heavy atom. The molecule has 0 saturated heterocycles. The smallest absolute Gasteiger partial charge is 0.251 e. The van der Waals surface area contributed by atoms with E-state index in [1.54, 1.807) is 6.19 Å². The number of thiol groups is 1. The summed E-state index contributed by atoms with van der Waals surface area (Å²) in [6, 6.07) is 2.39. The van der Waals surface area contributed by atoms with Gasteiger partial charge in [-0.1, -0.05) is 17.6 Å². The minimum absolute atomic E-state index is 0.285. The number of alkyl halides is 3. The van der Waals surface area contributed by atoms with Gasteiger partial charge >= 0.3 is 6.18 Å². The Balaban J connectivity index is 2.25. The molecule has 7 heteroatoms. The van der Waals surface area contributed by atoms with Crippen LogP contribution in [0.1, 0.15) is 24.1 Å². The Bertz CT molecular complexity index is 483. The third-order valence-electron chi connectivity index (χ3n) is 2.60. The molecule has 90 valence electrons. The van der Waals surface area contributed by atoms with Crippen molar-refractivity contribution >= 4 is 11.6 Å². The van der Waals surface area contributed by atoms with E-state index in [1.807, 2.05) is 0 Å². The molecular weight excluding hydrogens is 251 g/mol. The Hall–Kier alpha value is -1.42. The minimum atomic E-state index is -4.41. The van der Waals surface area contributed by atoms with Gasteiger partial charge in [-0.05, 0) is 24.5 Å². The largest absolute Gasteiger partial charge is 0.433 e. The molecule has 1 fully saturated rings. The highest BCUT2D eigenvalue weighted by Gasteiger charge is 2.44. The first-order valence-corrected chi connectivity index (χ1v) is 5.67. The molecule has 1 saturated carbocycles. The molecule has 2 rings (SSSR count). The molecule has 1 aliphatic carbocycles. The predicted molar refractivity (Wildman–Crippen MR) is 57.0 cm³/mol. The molecule has 17 heavy (non-hydrogen) atoms. The van der Waals surface area contributed by atoms with Crippen LogP contribution in [-0.4, -0.2) is 4.98 Å². The van der Waals surface area contributed by atoms with Crippen molar-refractivity contribution in [2.45, 2.75) is 23.8 Å². The van der Waals surface area contributed by atoms with E-state index in [4.69, 9.17) is 5.26 Å². The summed E-state index contributed by atoms with van der Waals surface area (Å²) in [4.78, 5) is 3.41. The molecule has 0 amide bonds. The monoisotopic (exact) mass is 259 g/mol. The summed E-state index contributed by atoms with van der Waals surface area (Å²) >= 11 is 0.586. The van der Waals surface area contributed by atoms with E-state index in [9.17, 15) is 13.2 Å². The molecule has 0 bridgehead atoms. The molecule has 1 aliphatic rings. The molecular formula is C10H8F3N3S. The second-order valence-corrected chi connectivity index (χ2v) is 5.02. The van der Waals surface area contributed by atoms with Crippen LogP contribution in [0.25, 0.3) is 0 Å². The number of rotatable bonds is 2. The van der Waals surface area contributed by atoms with Gasteiger partial charge in [-0.3, -0.25) is 4.98 Å². The number of nitrogens with zero attached hydrogens (tertiary/aromatic N) is 3. The van der Waals surface area contributed by atoms with E-state index >= 15 is 0 Å². The molecule has 3 nitrogen and oxygen atoms in total. The Labute approximate surface area is 99.4 Å². The molecule has 0 aliphatic heterocycles. The maximum absolute atomic E-state index is 12.3. The molecule has 0 atom stereocenters. The molecule has 1 aromatic rings. The normalized spacial score (nSPS) is 18.5. The fourth-order valence-corrected chi connectivity index (χ4v) is 2.32. The van der Waals surface area contributed by atoms with Gasteiger partial charge in [0.15, 0.2) is 0 Å². The van der Waals surface area contributed by atoms with Gasteiger partial charge in [0.1, 0.15) is 5.69 Å². The Morgan fingerprint density at radius 1 is 1.41 bits per heavy atom. The van der Waals surface area contributed by atoms with Gasteiger partial charge in [0.25, 0.3) is 0 Å². The standard InChI is InChI=1S/C10H8F3N3S/c11-10(12,13)8-2-1-7(5-15-8)9(3-4-9)17-16-6-14/h1-2,5,17H,3-4H2. The maximum Gasteiger partial charge on any atom is 0.433 e. The quantitative estimate of drug-likeness (QED) is 0.655. The highest BCUT2D eigenvalue weighted by atomic mass is 32.1. The number of hydrogen-bond acceptors (Lipinski definition) is 3. The molecule has 1 heterocycles. The first kappa shape index (κ1) is 12.0. The zero-order valence-electron chi connectivity index (χ0n) is 8.57. The van der Waals surface area contributed by atoms with Crippen LogP contribution in [-0.2, 0) is 22.5 Å². The maximum atomic E-state index is 12.3. The number of halogens is 3. The molecule has 0 aromatic carbocycles. The minimum Gasteiger partial charge on any atom is -0.251 e. The highest BCUT2D eigenvalue weighted by molar-refractivity contribution is 7.69. The molecule has 0 N–H and O–H groups in total. The SMILES string of the molecule is N#CN=[SH]C1(c2ccc(C(F)(F)F)nc2)CC1. The summed E-state index contributed by atoms with van der Waals surface area (Å²) in [5.41, 5.74) is -0.183. The van der Waals surface area contributed by atoms with E-state index in [0.717, 1.165) is 18.9 Å². The van der Waals surface area contributed by atoms with E-state index in [2.05, 4.69) is 9.35 Å². The van der Waals surface area contributed by atoms with Gasteiger partial charge in [-0.15, -0.1) is 0 Å². The third kappa shape index (κ3) is 2.47. The number of pyridine rings is 1. The van der Waals surface area contributed by atoms with Crippen molar-refractivity contribution in [1.82, 2.24) is 4.98 Å². The fraction of sp³-hybridized carbons (Fsp3) is 0.400. The van der Waals surface area contributed by atoms with Crippen molar-refractivity contribution in [3.05, 3.63) is 29.6 Å². The lowest BCUT2D eigenvalue weighted by molar-refractivity contribution is -0.141. The fourth-order valence-electron chi connectivity index (χ4n) is 1.52. The summed E-state index contributed by atoms with van der Waals surface area (Å²) in [5.74, 6) is 0. The summed E-state index contributed by atoms with van der Waals surface area (Å²) in [6.07, 6.45) is 0.153. The second-order valence-electron chi connectivity index (χ2n) is 3.76. The lowest BCUT2D eigenvalue weighted by Crippen LogP contribution is -2.10. The van der Waals surface area contributed by atoms with Gasteiger partial charge in [0.05, 0.1) is 4.75 Å². The van der Waals surface area contributed by atoms with Gasteiger partial charge in [0, 0.05) is 6.20 Å². The van der Waals surface area contributed by atoms with Gasteiger partial charge in [-0.2, -0.15) is 22.8 Å². The lowest BCUT2D eigenvalue weighted by Gasteiger charge is -2.10. The van der Waals surface area contributed by atoms with Crippen LogP contribution in [0.2, 0.25) is 0 Å². The average Bonchev–Trinajstić information content (AvgIpc) is 3.07.